The van der Waals surface area contributed by atoms with E-state index in [4.69, 9.17) is 16.3 Å². The number of hydrogen-bond donors (Lipinski definition) is 1. The normalized spacial score (nSPS) is 11.8. The van der Waals surface area contributed by atoms with Crippen molar-refractivity contribution in [3.8, 4) is 0 Å². The van der Waals surface area contributed by atoms with E-state index in [-0.39, 0.29) is 18.1 Å². The van der Waals surface area contributed by atoms with Gasteiger partial charge in [-0.2, -0.15) is 0 Å². The lowest BCUT2D eigenvalue weighted by molar-refractivity contribution is -0.149. The summed E-state index contributed by atoms with van der Waals surface area (Å²) in [6.07, 6.45) is 1.28. The lowest BCUT2D eigenvalue weighted by Crippen LogP contribution is -2.32. The summed E-state index contributed by atoms with van der Waals surface area (Å²) in [5, 5.41) is 3.65. The molecule has 3 rings (SSSR count). The van der Waals surface area contributed by atoms with E-state index in [1.54, 1.807) is 49.4 Å². The average molecular weight is 400 g/mol. The molecule has 0 fully saturated rings. The van der Waals surface area contributed by atoms with Crippen LogP contribution in [0, 0.1) is 0 Å². The van der Waals surface area contributed by atoms with Crippen LogP contribution in [0.2, 0.25) is 5.02 Å². The summed E-state index contributed by atoms with van der Waals surface area (Å²) in [5.41, 5.74) is 0.960. The quantitative estimate of drug-likeness (QED) is 0.643. The van der Waals surface area contributed by atoms with Crippen LogP contribution in [0.5, 0.6) is 0 Å². The number of benzene rings is 2. The van der Waals surface area contributed by atoms with Crippen LogP contribution >= 0.6 is 11.6 Å². The molecule has 0 bridgehead atoms. The SMILES string of the molecule is C[C@H](NC(=O)COC(=O)Cn1cnc2ccccc2c1=O)c1ccccc1Cl. The van der Waals surface area contributed by atoms with Crippen LogP contribution in [0.3, 0.4) is 0 Å². The third-order valence-electron chi connectivity index (χ3n) is 4.14. The molecule has 1 heterocycles. The fourth-order valence-corrected chi connectivity index (χ4v) is 3.04. The molecule has 0 aliphatic rings. The van der Waals surface area contributed by atoms with Crippen molar-refractivity contribution in [2.24, 2.45) is 0 Å². The summed E-state index contributed by atoms with van der Waals surface area (Å²) in [6.45, 7) is 0.995. The Labute approximate surface area is 165 Å². The fourth-order valence-electron chi connectivity index (χ4n) is 2.74. The molecule has 0 saturated carbocycles. The molecule has 3 aromatic rings. The number of esters is 1. The minimum atomic E-state index is -0.709. The number of aromatic nitrogens is 2. The van der Waals surface area contributed by atoms with Gasteiger partial charge in [-0.3, -0.25) is 19.0 Å². The van der Waals surface area contributed by atoms with Crippen molar-refractivity contribution in [1.82, 2.24) is 14.9 Å². The number of carbonyl (C=O) groups excluding carboxylic acids is 2. The van der Waals surface area contributed by atoms with Gasteiger partial charge in [0.2, 0.25) is 0 Å². The van der Waals surface area contributed by atoms with E-state index in [2.05, 4.69) is 10.3 Å². The molecule has 0 radical (unpaired) electrons. The smallest absolute Gasteiger partial charge is 0.326 e. The van der Waals surface area contributed by atoms with Gasteiger partial charge in [0.1, 0.15) is 6.54 Å². The van der Waals surface area contributed by atoms with E-state index in [1.165, 1.54) is 6.33 Å². The number of carbonyl (C=O) groups is 2. The van der Waals surface area contributed by atoms with Crippen LogP contribution in [0.1, 0.15) is 18.5 Å². The number of nitrogens with zero attached hydrogens (tertiary/aromatic N) is 2. The molecule has 0 unspecified atom stereocenters. The Balaban J connectivity index is 1.56. The lowest BCUT2D eigenvalue weighted by atomic mass is 10.1. The van der Waals surface area contributed by atoms with Crippen LogP contribution in [-0.4, -0.2) is 28.0 Å². The molecule has 1 N–H and O–H groups in total. The highest BCUT2D eigenvalue weighted by Crippen LogP contribution is 2.21. The molecule has 0 saturated heterocycles. The number of ether oxygens (including phenoxy) is 1. The highest BCUT2D eigenvalue weighted by atomic mass is 35.5. The first-order valence-electron chi connectivity index (χ1n) is 8.59. The largest absolute Gasteiger partial charge is 0.454 e. The first-order valence-corrected chi connectivity index (χ1v) is 8.97. The number of fused-ring (bicyclic) bond motifs is 1. The predicted molar refractivity (Wildman–Crippen MR) is 105 cm³/mol. The van der Waals surface area contributed by atoms with Gasteiger partial charge in [0.25, 0.3) is 11.5 Å². The molecule has 0 aliphatic carbocycles. The number of hydrogen-bond acceptors (Lipinski definition) is 5. The molecule has 0 spiro atoms. The molecule has 8 heteroatoms. The summed E-state index contributed by atoms with van der Waals surface area (Å²) in [5.74, 6) is -1.18. The van der Waals surface area contributed by atoms with E-state index in [0.717, 1.165) is 10.1 Å². The predicted octanol–water partition coefficient (Wildman–Crippen LogP) is 2.47. The van der Waals surface area contributed by atoms with Gasteiger partial charge < -0.3 is 10.1 Å². The first kappa shape index (κ1) is 19.6. The molecule has 2 aromatic carbocycles. The Morgan fingerprint density at radius 2 is 1.89 bits per heavy atom. The maximum Gasteiger partial charge on any atom is 0.326 e. The van der Waals surface area contributed by atoms with Gasteiger partial charge in [-0.1, -0.05) is 41.9 Å². The molecule has 7 nitrogen and oxygen atoms in total. The number of rotatable bonds is 6. The van der Waals surface area contributed by atoms with Crippen molar-refractivity contribution in [1.29, 1.82) is 0 Å². The Kier molecular flexibility index (Phi) is 6.06. The van der Waals surface area contributed by atoms with Crippen LogP contribution in [0.15, 0.2) is 59.7 Å². The van der Waals surface area contributed by atoms with Crippen molar-refractivity contribution in [3.05, 3.63) is 75.8 Å². The highest BCUT2D eigenvalue weighted by Gasteiger charge is 2.15. The van der Waals surface area contributed by atoms with Gasteiger partial charge in [-0.15, -0.1) is 0 Å². The molecule has 144 valence electrons. The van der Waals surface area contributed by atoms with E-state index in [1.807, 2.05) is 6.07 Å². The third-order valence-corrected chi connectivity index (χ3v) is 4.49. The second-order valence-corrected chi connectivity index (χ2v) is 6.57. The Bertz CT molecular complexity index is 1080. The number of halogens is 1. The maximum atomic E-state index is 12.4. The monoisotopic (exact) mass is 399 g/mol. The molecule has 28 heavy (non-hydrogen) atoms. The Morgan fingerprint density at radius 3 is 2.68 bits per heavy atom. The van der Waals surface area contributed by atoms with Gasteiger partial charge in [-0.25, -0.2) is 4.98 Å². The summed E-state index contributed by atoms with van der Waals surface area (Å²) in [4.78, 5) is 40.5. The zero-order chi connectivity index (χ0) is 20.1. The summed E-state index contributed by atoms with van der Waals surface area (Å²) >= 11 is 6.10. The first-order chi connectivity index (χ1) is 13.5. The second kappa shape index (κ2) is 8.67. The van der Waals surface area contributed by atoms with Gasteiger partial charge in [0, 0.05) is 5.02 Å². The van der Waals surface area contributed by atoms with Crippen LogP contribution < -0.4 is 10.9 Å². The Hall–Kier alpha value is -3.19. The topological polar surface area (TPSA) is 90.3 Å². The molecule has 1 atom stereocenters. The van der Waals surface area contributed by atoms with Gasteiger partial charge >= 0.3 is 5.97 Å². The zero-order valence-electron chi connectivity index (χ0n) is 15.1. The number of nitrogens with one attached hydrogen (secondary N) is 1. The van der Waals surface area contributed by atoms with Crippen molar-refractivity contribution < 1.29 is 14.3 Å². The van der Waals surface area contributed by atoms with Gasteiger partial charge in [-0.05, 0) is 30.7 Å². The third kappa shape index (κ3) is 4.55. The molecule has 1 amide bonds. The summed E-state index contributed by atoms with van der Waals surface area (Å²) in [7, 11) is 0. The maximum absolute atomic E-state index is 12.4. The van der Waals surface area contributed by atoms with Crippen LogP contribution in [-0.2, 0) is 20.9 Å². The highest BCUT2D eigenvalue weighted by molar-refractivity contribution is 6.31. The molecular weight excluding hydrogens is 382 g/mol. The van der Waals surface area contributed by atoms with Crippen LogP contribution in [0.25, 0.3) is 10.9 Å². The van der Waals surface area contributed by atoms with E-state index in [0.29, 0.717) is 15.9 Å². The molecular formula is C20H18ClN3O4. The minimum Gasteiger partial charge on any atom is -0.454 e. The summed E-state index contributed by atoms with van der Waals surface area (Å²) < 4.78 is 6.12. The number of amides is 1. The minimum absolute atomic E-state index is 0.329. The van der Waals surface area contributed by atoms with Crippen molar-refractivity contribution in [2.75, 3.05) is 6.61 Å². The van der Waals surface area contributed by atoms with Gasteiger partial charge in [0.15, 0.2) is 6.61 Å². The fraction of sp³-hybridized carbons (Fsp3) is 0.200. The average Bonchev–Trinajstić information content (AvgIpc) is 2.69. The standard InChI is InChI=1S/C20H18ClN3O4/c1-13(14-6-2-4-8-16(14)21)23-18(25)11-28-19(26)10-24-12-22-17-9-5-3-7-15(17)20(24)27/h2-9,12-13H,10-11H2,1H3,(H,23,25)/t13-/m0/s1. The zero-order valence-corrected chi connectivity index (χ0v) is 15.8. The molecule has 1 aromatic heterocycles. The van der Waals surface area contributed by atoms with E-state index >= 15 is 0 Å². The van der Waals surface area contributed by atoms with Crippen molar-refractivity contribution in [3.63, 3.8) is 0 Å². The second-order valence-electron chi connectivity index (χ2n) is 6.17. The Morgan fingerprint density at radius 1 is 1.18 bits per heavy atom. The van der Waals surface area contributed by atoms with Crippen molar-refractivity contribution in [2.45, 2.75) is 19.5 Å². The van der Waals surface area contributed by atoms with Gasteiger partial charge in [0.05, 0.1) is 23.3 Å². The lowest BCUT2D eigenvalue weighted by Gasteiger charge is -2.15. The number of para-hydroxylation sites is 1. The van der Waals surface area contributed by atoms with Crippen molar-refractivity contribution >= 4 is 34.4 Å². The van der Waals surface area contributed by atoms with E-state index in [9.17, 15) is 14.4 Å². The molecule has 0 aliphatic heterocycles. The summed E-state index contributed by atoms with van der Waals surface area (Å²) in [6, 6.07) is 13.7. The van der Waals surface area contributed by atoms with E-state index < -0.39 is 18.5 Å². The van der Waals surface area contributed by atoms with Crippen LogP contribution in [0.4, 0.5) is 0 Å².